The molecule has 0 saturated heterocycles. The number of carbonyl (C=O) groups is 2. The quantitative estimate of drug-likeness (QED) is 0.577. The molecule has 10 heteroatoms. The maximum absolute atomic E-state index is 11.3. The third-order valence-corrected chi connectivity index (χ3v) is 2.98. The van der Waals surface area contributed by atoms with Crippen molar-refractivity contribution in [2.75, 3.05) is 17.5 Å². The van der Waals surface area contributed by atoms with Crippen molar-refractivity contribution in [3.8, 4) is 0 Å². The molecule has 3 N–H and O–H groups in total. The van der Waals surface area contributed by atoms with Gasteiger partial charge < -0.3 is 10.4 Å². The zero-order chi connectivity index (χ0) is 13.8. The molecule has 0 bridgehead atoms. The summed E-state index contributed by atoms with van der Waals surface area (Å²) < 4.78 is 25.8. The van der Waals surface area contributed by atoms with E-state index in [4.69, 9.17) is 5.11 Å². The average molecular weight is 276 g/mol. The van der Waals surface area contributed by atoms with Crippen molar-refractivity contribution >= 4 is 27.6 Å². The highest BCUT2D eigenvalue weighted by Crippen LogP contribution is 2.07. The molecule has 0 fully saturated rings. The molecule has 1 aromatic rings. The van der Waals surface area contributed by atoms with E-state index in [-0.39, 0.29) is 18.1 Å². The molecular formula is C8H12N4O5S. The first-order valence-electron chi connectivity index (χ1n) is 4.78. The number of likely N-dealkylation sites (N-methyl/N-ethyl adjacent to an activating group) is 1. The summed E-state index contributed by atoms with van der Waals surface area (Å²) >= 11 is 0. The van der Waals surface area contributed by atoms with Crippen molar-refractivity contribution in [3.63, 3.8) is 0 Å². The third kappa shape index (κ3) is 4.41. The van der Waals surface area contributed by atoms with Gasteiger partial charge in [0, 0.05) is 13.2 Å². The molecule has 0 saturated carbocycles. The fraction of sp³-hybridized carbons (Fsp3) is 0.375. The normalized spacial score (nSPS) is 10.9. The van der Waals surface area contributed by atoms with Crippen molar-refractivity contribution in [1.29, 1.82) is 0 Å². The van der Waals surface area contributed by atoms with Crippen LogP contribution >= 0.6 is 0 Å². The highest BCUT2D eigenvalue weighted by atomic mass is 32.2. The lowest BCUT2D eigenvalue weighted by Crippen LogP contribution is -2.23. The van der Waals surface area contributed by atoms with Gasteiger partial charge in [-0.1, -0.05) is 0 Å². The maximum Gasteiger partial charge on any atom is 0.320 e. The summed E-state index contributed by atoms with van der Waals surface area (Å²) in [4.78, 5) is 21.3. The SMILES string of the molecule is CNC(=O)Cn1cc(NS(=O)(=O)CC(=O)O)cn1. The van der Waals surface area contributed by atoms with Crippen LogP contribution in [0.15, 0.2) is 12.4 Å². The molecule has 1 aromatic heterocycles. The Kier molecular flexibility index (Phi) is 4.26. The molecule has 1 amide bonds. The number of carboxylic acids is 1. The second kappa shape index (κ2) is 5.49. The number of carbonyl (C=O) groups excluding carboxylic acids is 1. The van der Waals surface area contributed by atoms with E-state index in [1.165, 1.54) is 24.1 Å². The van der Waals surface area contributed by atoms with Crippen LogP contribution in [0, 0.1) is 0 Å². The molecule has 100 valence electrons. The smallest absolute Gasteiger partial charge is 0.320 e. The number of nitrogens with one attached hydrogen (secondary N) is 2. The van der Waals surface area contributed by atoms with Crippen molar-refractivity contribution < 1.29 is 23.1 Å². The Morgan fingerprint density at radius 1 is 1.50 bits per heavy atom. The predicted octanol–water partition coefficient (Wildman–Crippen LogP) is -1.54. The molecule has 0 aliphatic rings. The minimum atomic E-state index is -3.96. The van der Waals surface area contributed by atoms with Crippen LogP contribution in [0.1, 0.15) is 0 Å². The molecule has 18 heavy (non-hydrogen) atoms. The van der Waals surface area contributed by atoms with E-state index >= 15 is 0 Å². The number of anilines is 1. The number of sulfonamides is 1. The summed E-state index contributed by atoms with van der Waals surface area (Å²) in [5.41, 5.74) is 0.0974. The van der Waals surface area contributed by atoms with Crippen LogP contribution in [0.25, 0.3) is 0 Å². The van der Waals surface area contributed by atoms with Crippen molar-refractivity contribution in [3.05, 3.63) is 12.4 Å². The Morgan fingerprint density at radius 3 is 2.72 bits per heavy atom. The van der Waals surface area contributed by atoms with E-state index in [0.717, 1.165) is 0 Å². The van der Waals surface area contributed by atoms with Gasteiger partial charge in [0.05, 0.1) is 11.9 Å². The largest absolute Gasteiger partial charge is 0.480 e. The van der Waals surface area contributed by atoms with Gasteiger partial charge in [-0.05, 0) is 0 Å². The summed E-state index contributed by atoms with van der Waals surface area (Å²) in [5, 5.41) is 14.5. The van der Waals surface area contributed by atoms with Crippen molar-refractivity contribution in [2.24, 2.45) is 0 Å². The molecule has 0 radical (unpaired) electrons. The number of hydrogen-bond donors (Lipinski definition) is 3. The zero-order valence-electron chi connectivity index (χ0n) is 9.45. The Labute approximate surface area is 103 Å². The number of aliphatic carboxylic acids is 1. The summed E-state index contributed by atoms with van der Waals surface area (Å²) in [6.45, 7) is -0.0584. The Morgan fingerprint density at radius 2 is 2.17 bits per heavy atom. The number of aromatic nitrogens is 2. The summed E-state index contributed by atoms with van der Waals surface area (Å²) in [7, 11) is -2.50. The number of carboxylic acid groups (broad SMARTS) is 1. The summed E-state index contributed by atoms with van der Waals surface area (Å²) in [6.07, 6.45) is 2.47. The zero-order valence-corrected chi connectivity index (χ0v) is 10.3. The van der Waals surface area contributed by atoms with Crippen LogP contribution in [0.3, 0.4) is 0 Å². The monoisotopic (exact) mass is 276 g/mol. The molecule has 0 aliphatic heterocycles. The first-order valence-corrected chi connectivity index (χ1v) is 6.43. The molecule has 9 nitrogen and oxygen atoms in total. The van der Waals surface area contributed by atoms with Crippen molar-refractivity contribution in [1.82, 2.24) is 15.1 Å². The van der Waals surface area contributed by atoms with Crippen molar-refractivity contribution in [2.45, 2.75) is 6.54 Å². The minimum Gasteiger partial charge on any atom is -0.480 e. The van der Waals surface area contributed by atoms with Gasteiger partial charge in [-0.15, -0.1) is 0 Å². The molecule has 0 atom stereocenters. The van der Waals surface area contributed by atoms with E-state index in [0.29, 0.717) is 0 Å². The average Bonchev–Trinajstić information content (AvgIpc) is 2.62. The lowest BCUT2D eigenvalue weighted by Gasteiger charge is -2.02. The fourth-order valence-corrected chi connectivity index (χ4v) is 1.97. The van der Waals surface area contributed by atoms with E-state index in [1.54, 1.807) is 0 Å². The molecule has 0 unspecified atom stereocenters. The van der Waals surface area contributed by atoms with Gasteiger partial charge in [0.1, 0.15) is 6.54 Å². The van der Waals surface area contributed by atoms with Crippen LogP contribution in [-0.4, -0.2) is 48.0 Å². The standard InChI is InChI=1S/C8H12N4O5S/c1-9-7(13)4-12-3-6(2-10-12)11-18(16,17)5-8(14)15/h2-3,11H,4-5H2,1H3,(H,9,13)(H,14,15). The molecule has 0 spiro atoms. The first-order chi connectivity index (χ1) is 8.32. The van der Waals surface area contributed by atoms with Gasteiger partial charge in [-0.25, -0.2) is 8.42 Å². The lowest BCUT2D eigenvalue weighted by molar-refractivity contribution is -0.134. The van der Waals surface area contributed by atoms with Gasteiger partial charge in [0.15, 0.2) is 5.75 Å². The van der Waals surface area contributed by atoms with E-state index in [1.807, 2.05) is 4.72 Å². The van der Waals surface area contributed by atoms with Gasteiger partial charge in [-0.3, -0.25) is 19.0 Å². The van der Waals surface area contributed by atoms with Gasteiger partial charge in [0.25, 0.3) is 0 Å². The predicted molar refractivity (Wildman–Crippen MR) is 61.3 cm³/mol. The van der Waals surface area contributed by atoms with Gasteiger partial charge >= 0.3 is 5.97 Å². The van der Waals surface area contributed by atoms with Crippen LogP contribution in [0.2, 0.25) is 0 Å². The van der Waals surface area contributed by atoms with Crippen LogP contribution in [0.5, 0.6) is 0 Å². The second-order valence-corrected chi connectivity index (χ2v) is 5.08. The maximum atomic E-state index is 11.3. The van der Waals surface area contributed by atoms with Crippen LogP contribution in [-0.2, 0) is 26.2 Å². The Hall–Kier alpha value is -2.10. The number of hydrogen-bond acceptors (Lipinski definition) is 5. The number of nitrogens with zero attached hydrogens (tertiary/aromatic N) is 2. The van der Waals surface area contributed by atoms with E-state index < -0.39 is 21.7 Å². The summed E-state index contributed by atoms with van der Waals surface area (Å²) in [6, 6.07) is 0. The molecule has 0 aliphatic carbocycles. The van der Waals surface area contributed by atoms with E-state index in [9.17, 15) is 18.0 Å². The van der Waals surface area contributed by atoms with Crippen LogP contribution < -0.4 is 10.0 Å². The van der Waals surface area contributed by atoms with Gasteiger partial charge in [0.2, 0.25) is 15.9 Å². The first kappa shape index (κ1) is 14.0. The molecule has 0 aromatic carbocycles. The number of rotatable bonds is 6. The Bertz CT molecular complexity index is 550. The summed E-state index contributed by atoms with van der Waals surface area (Å²) in [5.74, 6) is -2.79. The van der Waals surface area contributed by atoms with E-state index in [2.05, 4.69) is 10.4 Å². The third-order valence-electron chi connectivity index (χ3n) is 1.80. The van der Waals surface area contributed by atoms with Crippen LogP contribution in [0.4, 0.5) is 5.69 Å². The fourth-order valence-electron chi connectivity index (χ4n) is 1.11. The highest BCUT2D eigenvalue weighted by Gasteiger charge is 2.16. The topological polar surface area (TPSA) is 130 Å². The highest BCUT2D eigenvalue weighted by molar-refractivity contribution is 7.93. The molecular weight excluding hydrogens is 264 g/mol. The second-order valence-electron chi connectivity index (χ2n) is 3.35. The molecule has 1 rings (SSSR count). The van der Waals surface area contributed by atoms with Gasteiger partial charge in [-0.2, -0.15) is 5.10 Å². The minimum absolute atomic E-state index is 0.0584. The lowest BCUT2D eigenvalue weighted by atomic mass is 10.6. The molecule has 1 heterocycles. The number of amides is 1. The Balaban J connectivity index is 2.69.